The number of hydrogen-bond acceptors (Lipinski definition) is 3. The molecule has 2 saturated heterocycles. The monoisotopic (exact) mass is 324 g/mol. The number of likely N-dealkylation sites (tertiary alicyclic amines) is 1. The minimum Gasteiger partial charge on any atom is -0.366 e. The molecule has 1 atom stereocenters. The number of fused-ring (bicyclic) bond motifs is 1. The zero-order valence-corrected chi connectivity index (χ0v) is 14.0. The molecule has 0 aromatic heterocycles. The number of hydrogen-bond donors (Lipinski definition) is 0. The second-order valence-electron chi connectivity index (χ2n) is 6.77. The second kappa shape index (κ2) is 6.91. The summed E-state index contributed by atoms with van der Waals surface area (Å²) in [5, 5.41) is 2.57. The van der Waals surface area contributed by atoms with Gasteiger partial charge in [-0.15, -0.1) is 0 Å². The molecule has 24 heavy (non-hydrogen) atoms. The molecule has 0 bridgehead atoms. The van der Waals surface area contributed by atoms with Gasteiger partial charge < -0.3 is 9.64 Å². The van der Waals surface area contributed by atoms with E-state index in [2.05, 4.69) is 47.4 Å². The van der Waals surface area contributed by atoms with Crippen LogP contribution in [-0.4, -0.2) is 54.6 Å². The summed E-state index contributed by atoms with van der Waals surface area (Å²) in [6.45, 7) is 4.86. The fourth-order valence-electron chi connectivity index (χ4n) is 3.81. The molecule has 4 rings (SSSR count). The smallest absolute Gasteiger partial charge is 0.253 e. The first-order chi connectivity index (χ1) is 11.8. The number of amides is 1. The molecular formula is C20H24N2O2. The first-order valence-electron chi connectivity index (χ1n) is 8.91. The quantitative estimate of drug-likeness (QED) is 0.870. The van der Waals surface area contributed by atoms with Crippen molar-refractivity contribution < 1.29 is 9.53 Å². The number of benzene rings is 2. The van der Waals surface area contributed by atoms with E-state index in [0.29, 0.717) is 13.2 Å². The molecule has 2 aromatic rings. The Hall–Kier alpha value is -1.91. The summed E-state index contributed by atoms with van der Waals surface area (Å²) >= 11 is 0. The van der Waals surface area contributed by atoms with Crippen LogP contribution in [0.2, 0.25) is 0 Å². The van der Waals surface area contributed by atoms with Gasteiger partial charge in [-0.25, -0.2) is 0 Å². The summed E-state index contributed by atoms with van der Waals surface area (Å²) in [6.07, 6.45) is 1.95. The highest BCUT2D eigenvalue weighted by Crippen LogP contribution is 2.21. The van der Waals surface area contributed by atoms with Crippen LogP contribution in [-0.2, 0) is 16.1 Å². The maximum atomic E-state index is 12.6. The van der Waals surface area contributed by atoms with E-state index >= 15 is 0 Å². The van der Waals surface area contributed by atoms with Crippen molar-refractivity contribution in [1.29, 1.82) is 0 Å². The molecular weight excluding hydrogens is 300 g/mol. The Morgan fingerprint density at radius 2 is 1.83 bits per heavy atom. The fourth-order valence-corrected chi connectivity index (χ4v) is 3.81. The van der Waals surface area contributed by atoms with E-state index < -0.39 is 0 Å². The van der Waals surface area contributed by atoms with Crippen LogP contribution in [0.5, 0.6) is 0 Å². The summed E-state index contributed by atoms with van der Waals surface area (Å²) in [5.74, 6) is 0.176. The molecule has 2 aliphatic heterocycles. The van der Waals surface area contributed by atoms with Gasteiger partial charge >= 0.3 is 0 Å². The molecule has 126 valence electrons. The largest absolute Gasteiger partial charge is 0.366 e. The lowest BCUT2D eigenvalue weighted by molar-refractivity contribution is -0.148. The third-order valence-electron chi connectivity index (χ3n) is 5.12. The molecule has 0 aliphatic carbocycles. The van der Waals surface area contributed by atoms with E-state index in [-0.39, 0.29) is 12.0 Å². The van der Waals surface area contributed by atoms with Crippen LogP contribution in [0.3, 0.4) is 0 Å². The standard InChI is InChI=1S/C20H24N2O2/c23-20(22-10-3-4-11-22)19-15-21(12-13-24-19)14-17-8-5-7-16-6-1-2-9-18(16)17/h1-2,5-9,19H,3-4,10-15H2. The van der Waals surface area contributed by atoms with Crippen molar-refractivity contribution in [2.24, 2.45) is 0 Å². The maximum Gasteiger partial charge on any atom is 0.253 e. The molecule has 4 nitrogen and oxygen atoms in total. The first kappa shape index (κ1) is 15.6. The normalized spacial score (nSPS) is 22.2. The van der Waals surface area contributed by atoms with Crippen molar-refractivity contribution in [2.45, 2.75) is 25.5 Å². The van der Waals surface area contributed by atoms with Crippen LogP contribution in [0.25, 0.3) is 10.8 Å². The zero-order valence-electron chi connectivity index (χ0n) is 14.0. The van der Waals surface area contributed by atoms with Gasteiger partial charge in [-0.2, -0.15) is 0 Å². The van der Waals surface area contributed by atoms with E-state index in [1.165, 1.54) is 16.3 Å². The van der Waals surface area contributed by atoms with Crippen molar-refractivity contribution in [2.75, 3.05) is 32.8 Å². The number of nitrogens with zero attached hydrogens (tertiary/aromatic N) is 2. The number of morpholine rings is 1. The van der Waals surface area contributed by atoms with Gasteiger partial charge in [0.15, 0.2) is 0 Å². The van der Waals surface area contributed by atoms with Crippen molar-refractivity contribution in [3.8, 4) is 0 Å². The molecule has 0 N–H and O–H groups in total. The molecule has 2 heterocycles. The van der Waals surface area contributed by atoms with Gasteiger partial charge in [-0.1, -0.05) is 42.5 Å². The molecule has 1 amide bonds. The minimum atomic E-state index is -0.299. The number of carbonyl (C=O) groups is 1. The molecule has 0 spiro atoms. The van der Waals surface area contributed by atoms with Crippen LogP contribution in [0, 0.1) is 0 Å². The van der Waals surface area contributed by atoms with E-state index in [9.17, 15) is 4.79 Å². The third kappa shape index (κ3) is 3.17. The maximum absolute atomic E-state index is 12.6. The third-order valence-corrected chi connectivity index (χ3v) is 5.12. The Morgan fingerprint density at radius 3 is 2.71 bits per heavy atom. The van der Waals surface area contributed by atoms with Gasteiger partial charge in [-0.05, 0) is 29.2 Å². The minimum absolute atomic E-state index is 0.176. The van der Waals surface area contributed by atoms with Crippen LogP contribution in [0.15, 0.2) is 42.5 Å². The van der Waals surface area contributed by atoms with E-state index in [1.54, 1.807) is 0 Å². The molecule has 1 unspecified atom stereocenters. The van der Waals surface area contributed by atoms with Gasteiger partial charge in [0.05, 0.1) is 6.61 Å². The highest BCUT2D eigenvalue weighted by molar-refractivity contribution is 5.85. The van der Waals surface area contributed by atoms with Gasteiger partial charge in [0.2, 0.25) is 0 Å². The summed E-state index contributed by atoms with van der Waals surface area (Å²) in [6, 6.07) is 14.9. The molecule has 2 fully saturated rings. The van der Waals surface area contributed by atoms with Crippen LogP contribution in [0.4, 0.5) is 0 Å². The van der Waals surface area contributed by atoms with Crippen molar-refractivity contribution in [1.82, 2.24) is 9.80 Å². The Morgan fingerprint density at radius 1 is 1.04 bits per heavy atom. The fraction of sp³-hybridized carbons (Fsp3) is 0.450. The van der Waals surface area contributed by atoms with Gasteiger partial charge in [0.1, 0.15) is 6.10 Å². The number of carbonyl (C=O) groups excluding carboxylic acids is 1. The SMILES string of the molecule is O=C(C1CN(Cc2cccc3ccccc23)CCO1)N1CCCC1. The van der Waals surface area contributed by atoms with Crippen LogP contribution >= 0.6 is 0 Å². The molecule has 2 aliphatic rings. The first-order valence-corrected chi connectivity index (χ1v) is 8.91. The lowest BCUT2D eigenvalue weighted by Gasteiger charge is -2.34. The lowest BCUT2D eigenvalue weighted by Crippen LogP contribution is -2.50. The molecule has 0 saturated carbocycles. The van der Waals surface area contributed by atoms with Crippen molar-refractivity contribution >= 4 is 16.7 Å². The topological polar surface area (TPSA) is 32.8 Å². The summed E-state index contributed by atoms with van der Waals surface area (Å²) in [5.41, 5.74) is 1.32. The lowest BCUT2D eigenvalue weighted by atomic mass is 10.0. The van der Waals surface area contributed by atoms with E-state index in [4.69, 9.17) is 4.74 Å². The van der Waals surface area contributed by atoms with Gasteiger partial charge in [0, 0.05) is 32.7 Å². The van der Waals surface area contributed by atoms with Crippen LogP contribution < -0.4 is 0 Å². The van der Waals surface area contributed by atoms with Crippen molar-refractivity contribution in [3.63, 3.8) is 0 Å². The Kier molecular flexibility index (Phi) is 4.50. The predicted molar refractivity (Wildman–Crippen MR) is 94.8 cm³/mol. The van der Waals surface area contributed by atoms with Gasteiger partial charge in [0.25, 0.3) is 5.91 Å². The second-order valence-corrected chi connectivity index (χ2v) is 6.77. The number of rotatable bonds is 3. The van der Waals surface area contributed by atoms with Crippen molar-refractivity contribution in [3.05, 3.63) is 48.0 Å². The average molecular weight is 324 g/mol. The molecule has 2 aromatic carbocycles. The summed E-state index contributed by atoms with van der Waals surface area (Å²) in [7, 11) is 0. The highest BCUT2D eigenvalue weighted by atomic mass is 16.5. The predicted octanol–water partition coefficient (Wildman–Crippen LogP) is 2.66. The highest BCUT2D eigenvalue weighted by Gasteiger charge is 2.31. The molecule has 0 radical (unpaired) electrons. The number of ether oxygens (including phenoxy) is 1. The Bertz CT molecular complexity index is 719. The van der Waals surface area contributed by atoms with E-state index in [0.717, 1.165) is 39.0 Å². The Balaban J connectivity index is 1.47. The van der Waals surface area contributed by atoms with Gasteiger partial charge in [-0.3, -0.25) is 9.69 Å². The zero-order chi connectivity index (χ0) is 16.4. The summed E-state index contributed by atoms with van der Waals surface area (Å²) < 4.78 is 5.77. The Labute approximate surface area is 143 Å². The molecule has 4 heteroatoms. The summed E-state index contributed by atoms with van der Waals surface area (Å²) in [4.78, 5) is 16.9. The average Bonchev–Trinajstić information content (AvgIpc) is 3.16. The van der Waals surface area contributed by atoms with Crippen LogP contribution in [0.1, 0.15) is 18.4 Å². The van der Waals surface area contributed by atoms with E-state index in [1.807, 2.05) is 4.90 Å².